The van der Waals surface area contributed by atoms with Gasteiger partial charge in [0.05, 0.1) is 35.0 Å². The molecule has 3 saturated heterocycles. The van der Waals surface area contributed by atoms with Gasteiger partial charge in [-0.05, 0) is 81.4 Å². The van der Waals surface area contributed by atoms with Gasteiger partial charge in [-0.25, -0.2) is 4.79 Å². The molecule has 17 heteroatoms. The molecule has 0 unspecified atom stereocenters. The maximum absolute atomic E-state index is 14.1. The van der Waals surface area contributed by atoms with Crippen LogP contribution in [0.25, 0.3) is 0 Å². The highest BCUT2D eigenvalue weighted by molar-refractivity contribution is 7.10. The molecule has 51 heavy (non-hydrogen) atoms. The maximum atomic E-state index is 14.1. The van der Waals surface area contributed by atoms with E-state index in [1.165, 1.54) is 0 Å². The van der Waals surface area contributed by atoms with Crippen molar-refractivity contribution in [1.82, 2.24) is 24.5 Å². The lowest BCUT2D eigenvalue weighted by molar-refractivity contribution is -0.143. The van der Waals surface area contributed by atoms with Gasteiger partial charge in [-0.3, -0.25) is 14.5 Å². The molecule has 3 N–H and O–H groups in total. The number of hydrogen-bond acceptors (Lipinski definition) is 7. The lowest BCUT2D eigenvalue weighted by Gasteiger charge is -2.43. The number of urea groups is 1. The molecule has 4 amide bonds. The number of nitrogens with zero attached hydrogens (tertiary/aromatic N) is 5. The molecule has 4 aliphatic rings. The number of nitrogen functional groups attached to an aromatic ring is 1. The van der Waals surface area contributed by atoms with E-state index in [4.69, 9.17) is 5.73 Å². The summed E-state index contributed by atoms with van der Waals surface area (Å²) in [6.45, 7) is 4.83. The van der Waals surface area contributed by atoms with Crippen molar-refractivity contribution in [2.24, 2.45) is 5.92 Å². The molecule has 10 nitrogen and oxygen atoms in total. The largest absolute Gasteiger partial charge is 0.418 e. The van der Waals surface area contributed by atoms with E-state index in [-0.39, 0.29) is 24.1 Å². The van der Waals surface area contributed by atoms with Crippen LogP contribution in [0.4, 0.5) is 42.5 Å². The van der Waals surface area contributed by atoms with Crippen LogP contribution in [0.5, 0.6) is 0 Å². The molecule has 1 atom stereocenters. The number of hydrogen-bond donors (Lipinski definition) is 2. The number of benzene rings is 1. The lowest BCUT2D eigenvalue weighted by Crippen LogP contribution is -2.55. The van der Waals surface area contributed by atoms with Gasteiger partial charge in [-0.2, -0.15) is 26.3 Å². The smallest absolute Gasteiger partial charge is 0.398 e. The zero-order valence-electron chi connectivity index (χ0n) is 28.4. The zero-order chi connectivity index (χ0) is 36.7. The fraction of sp³-hybridized carbons (Fsp3) is 0.618. The second-order valence-electron chi connectivity index (χ2n) is 14.0. The Hall–Kier alpha value is -3.57. The molecule has 280 valence electrons. The summed E-state index contributed by atoms with van der Waals surface area (Å²) in [7, 11) is 2.07. The number of thiophene rings is 1. The summed E-state index contributed by atoms with van der Waals surface area (Å²) in [4.78, 5) is 51.1. The summed E-state index contributed by atoms with van der Waals surface area (Å²) in [6.07, 6.45) is -8.25. The summed E-state index contributed by atoms with van der Waals surface area (Å²) in [5, 5.41) is 4.79. The van der Waals surface area contributed by atoms with Gasteiger partial charge in [0.15, 0.2) is 0 Å². The molecule has 1 aromatic heterocycles. The van der Waals surface area contributed by atoms with Gasteiger partial charge in [-0.15, -0.1) is 11.3 Å². The van der Waals surface area contributed by atoms with Crippen LogP contribution in [0.2, 0.25) is 0 Å². The highest BCUT2D eigenvalue weighted by Gasteiger charge is 2.42. The Labute approximate surface area is 296 Å². The van der Waals surface area contributed by atoms with Crippen molar-refractivity contribution in [3.8, 4) is 0 Å². The van der Waals surface area contributed by atoms with Crippen molar-refractivity contribution in [3.05, 3.63) is 45.1 Å². The molecule has 0 saturated carbocycles. The zero-order valence-corrected chi connectivity index (χ0v) is 29.2. The van der Waals surface area contributed by atoms with Crippen LogP contribution in [0.3, 0.4) is 0 Å². The Morgan fingerprint density at radius 3 is 2.06 bits per heavy atom. The third-order valence-electron chi connectivity index (χ3n) is 10.8. The predicted molar refractivity (Wildman–Crippen MR) is 180 cm³/mol. The predicted octanol–water partition coefficient (Wildman–Crippen LogP) is 5.19. The molecule has 3 fully saturated rings. The number of fused-ring (bicyclic) bond motifs is 1. The quantitative estimate of drug-likeness (QED) is 0.299. The number of carbonyl (C=O) groups is 3. The van der Waals surface area contributed by atoms with Gasteiger partial charge in [0.25, 0.3) is 0 Å². The van der Waals surface area contributed by atoms with Gasteiger partial charge in [0, 0.05) is 62.7 Å². The third-order valence-corrected chi connectivity index (χ3v) is 11.7. The Morgan fingerprint density at radius 1 is 0.882 bits per heavy atom. The molecule has 2 aromatic rings. The van der Waals surface area contributed by atoms with Crippen molar-refractivity contribution < 1.29 is 40.7 Å². The van der Waals surface area contributed by atoms with E-state index in [2.05, 4.69) is 22.2 Å². The van der Waals surface area contributed by atoms with E-state index < -0.39 is 53.3 Å². The molecule has 0 spiro atoms. The van der Waals surface area contributed by atoms with E-state index in [1.54, 1.807) is 26.0 Å². The minimum absolute atomic E-state index is 0.126. The van der Waals surface area contributed by atoms with E-state index in [0.717, 1.165) is 36.5 Å². The van der Waals surface area contributed by atoms with Crippen molar-refractivity contribution >= 4 is 40.6 Å². The van der Waals surface area contributed by atoms with Crippen LogP contribution in [0.1, 0.15) is 53.7 Å². The van der Waals surface area contributed by atoms with Crippen molar-refractivity contribution in [3.63, 3.8) is 0 Å². The second-order valence-corrected chi connectivity index (χ2v) is 15.0. The van der Waals surface area contributed by atoms with Crippen molar-refractivity contribution in [1.29, 1.82) is 0 Å². The number of piperidine rings is 2. The number of carbonyl (C=O) groups excluding carboxylic acids is 3. The number of nitrogens with one attached hydrogen (secondary N) is 1. The summed E-state index contributed by atoms with van der Waals surface area (Å²) in [5.41, 5.74) is 1.10. The molecule has 0 radical (unpaired) electrons. The average molecular weight is 744 g/mol. The first-order valence-corrected chi connectivity index (χ1v) is 18.2. The van der Waals surface area contributed by atoms with Gasteiger partial charge in [0.1, 0.15) is 0 Å². The SMILES string of the molecule is CN1CCC(N2CCN(C(=O)[C@H](CC(=O)N3CCC(N4Cc5sccc5NC4=O)CC3)Cc3cc(C(F)(F)F)c(N)c(C(F)(F)F)c3)CC2)CC1. The van der Waals surface area contributed by atoms with Crippen molar-refractivity contribution in [2.75, 3.05) is 70.5 Å². The molecule has 5 heterocycles. The van der Waals surface area contributed by atoms with Crippen LogP contribution in [0.15, 0.2) is 23.6 Å². The topological polar surface area (TPSA) is 105 Å². The molecule has 6 rings (SSSR count). The van der Waals surface area contributed by atoms with Gasteiger partial charge < -0.3 is 30.7 Å². The monoisotopic (exact) mass is 743 g/mol. The highest BCUT2D eigenvalue weighted by Crippen LogP contribution is 2.42. The van der Waals surface area contributed by atoms with Gasteiger partial charge >= 0.3 is 18.4 Å². The number of rotatable bonds is 7. The normalized spacial score (nSPS) is 21.1. The summed E-state index contributed by atoms with van der Waals surface area (Å²) in [6, 6.07) is 3.00. The Bertz CT molecular complexity index is 1560. The van der Waals surface area contributed by atoms with E-state index in [9.17, 15) is 40.7 Å². The Morgan fingerprint density at radius 2 is 1.47 bits per heavy atom. The molecule has 0 aliphatic carbocycles. The number of nitrogens with two attached hydrogens (primary N) is 1. The van der Waals surface area contributed by atoms with Crippen LogP contribution in [0, 0.1) is 5.92 Å². The van der Waals surface area contributed by atoms with Gasteiger partial charge in [0.2, 0.25) is 11.8 Å². The number of amides is 4. The van der Waals surface area contributed by atoms with Crippen molar-refractivity contribution in [2.45, 2.75) is 69.5 Å². The van der Waals surface area contributed by atoms with E-state index in [1.807, 2.05) is 11.4 Å². The Balaban J connectivity index is 1.17. The molecule has 4 aliphatic heterocycles. The molecular formula is C34H43F6N7O3S. The minimum Gasteiger partial charge on any atom is -0.398 e. The third kappa shape index (κ3) is 8.40. The second kappa shape index (κ2) is 14.8. The van der Waals surface area contributed by atoms with Crippen LogP contribution >= 0.6 is 11.3 Å². The fourth-order valence-corrected chi connectivity index (χ4v) is 8.63. The summed E-state index contributed by atoms with van der Waals surface area (Å²) >= 11 is 1.54. The number of alkyl halides is 6. The number of anilines is 2. The Kier molecular flexibility index (Phi) is 10.8. The fourth-order valence-electron chi connectivity index (χ4n) is 7.81. The first-order chi connectivity index (χ1) is 24.1. The molecule has 0 bridgehead atoms. The van der Waals surface area contributed by atoms with E-state index in [0.29, 0.717) is 76.8 Å². The number of halogens is 6. The van der Waals surface area contributed by atoms with Crippen LogP contribution in [-0.2, 0) is 34.9 Å². The van der Waals surface area contributed by atoms with Gasteiger partial charge in [-0.1, -0.05) is 0 Å². The first-order valence-electron chi connectivity index (χ1n) is 17.3. The average Bonchev–Trinajstić information content (AvgIpc) is 3.54. The highest BCUT2D eigenvalue weighted by atomic mass is 32.1. The summed E-state index contributed by atoms with van der Waals surface area (Å²) in [5.74, 6) is -2.08. The van der Waals surface area contributed by atoms with Crippen LogP contribution < -0.4 is 11.1 Å². The number of likely N-dealkylation sites (tertiary alicyclic amines) is 2. The van der Waals surface area contributed by atoms with Crippen LogP contribution in [-0.4, -0.2) is 114 Å². The molecular weight excluding hydrogens is 700 g/mol. The summed E-state index contributed by atoms with van der Waals surface area (Å²) < 4.78 is 83.3. The first kappa shape index (κ1) is 37.2. The minimum atomic E-state index is -5.17. The lowest BCUT2D eigenvalue weighted by atomic mass is 9.90. The number of piperazine rings is 1. The van der Waals surface area contributed by atoms with E-state index >= 15 is 0 Å². The standard InChI is InChI=1S/C34H43F6N7O3S/c1-43-7-2-23(3-8-43)44-11-13-46(14-12-44)31(49)22(16-21-17-25(33(35,36)37)30(41)26(18-21)34(38,39)40)19-29(48)45-9-4-24(5-10-45)47-20-28-27(6-15-51-28)42-32(47)50/h6,15,17-18,22-24H,2-5,7-14,16,19-20,41H2,1H3,(H,42,50)/t22-/m0/s1. The molecule has 1 aromatic carbocycles. The maximum Gasteiger partial charge on any atom is 0.418 e.